The van der Waals surface area contributed by atoms with E-state index in [1.807, 2.05) is 11.8 Å². The van der Waals surface area contributed by atoms with E-state index in [2.05, 4.69) is 5.32 Å². The van der Waals surface area contributed by atoms with Crippen molar-refractivity contribution in [1.29, 1.82) is 0 Å². The van der Waals surface area contributed by atoms with Gasteiger partial charge in [-0.15, -0.1) is 0 Å². The van der Waals surface area contributed by atoms with E-state index in [4.69, 9.17) is 4.74 Å². The number of nitrogens with zero attached hydrogens (tertiary/aromatic N) is 1. The SMILES string of the molecule is COc1ccc(S(=O)(=O)N2CCCCCC2)cc1C(=O)NCCSC1CCCC1. The van der Waals surface area contributed by atoms with Crippen LogP contribution in [0.15, 0.2) is 23.1 Å². The number of rotatable bonds is 8. The molecule has 3 rings (SSSR count). The number of amides is 1. The van der Waals surface area contributed by atoms with E-state index in [-0.39, 0.29) is 16.4 Å². The predicted molar refractivity (Wildman–Crippen MR) is 117 cm³/mol. The van der Waals surface area contributed by atoms with Crippen LogP contribution in [0.3, 0.4) is 0 Å². The Bertz CT molecular complexity index is 784. The summed E-state index contributed by atoms with van der Waals surface area (Å²) in [5, 5.41) is 3.63. The first-order valence-corrected chi connectivity index (χ1v) is 13.1. The largest absolute Gasteiger partial charge is 0.496 e. The van der Waals surface area contributed by atoms with E-state index in [0.29, 0.717) is 30.6 Å². The second kappa shape index (κ2) is 10.7. The van der Waals surface area contributed by atoms with Crippen LogP contribution in [0.5, 0.6) is 5.75 Å². The Morgan fingerprint density at radius 1 is 1.14 bits per heavy atom. The summed E-state index contributed by atoms with van der Waals surface area (Å²) >= 11 is 1.91. The molecule has 8 heteroatoms. The van der Waals surface area contributed by atoms with Gasteiger partial charge in [0, 0.05) is 30.6 Å². The standard InChI is InChI=1S/C21H32N2O4S2/c1-27-20-11-10-18(29(25,26)23-13-6-2-3-7-14-23)16-19(20)21(24)22-12-15-28-17-8-4-5-9-17/h10-11,16-17H,2-9,12-15H2,1H3,(H,22,24). The van der Waals surface area contributed by atoms with Crippen molar-refractivity contribution in [2.45, 2.75) is 61.5 Å². The third kappa shape index (κ3) is 5.89. The number of carbonyl (C=O) groups excluding carboxylic acids is 1. The smallest absolute Gasteiger partial charge is 0.255 e. The molecule has 1 heterocycles. The minimum Gasteiger partial charge on any atom is -0.496 e. The summed E-state index contributed by atoms with van der Waals surface area (Å²) in [6, 6.07) is 4.57. The Morgan fingerprint density at radius 3 is 2.48 bits per heavy atom. The highest BCUT2D eigenvalue weighted by Gasteiger charge is 2.27. The zero-order valence-corrected chi connectivity index (χ0v) is 18.8. The zero-order valence-electron chi connectivity index (χ0n) is 17.2. The zero-order chi connectivity index (χ0) is 20.7. The number of benzene rings is 1. The van der Waals surface area contributed by atoms with E-state index in [0.717, 1.165) is 31.4 Å². The molecule has 2 aliphatic rings. The van der Waals surface area contributed by atoms with Crippen molar-refractivity contribution < 1.29 is 17.9 Å². The summed E-state index contributed by atoms with van der Waals surface area (Å²) in [4.78, 5) is 12.9. The molecule has 1 aliphatic carbocycles. The van der Waals surface area contributed by atoms with E-state index in [1.54, 1.807) is 10.4 Å². The molecule has 0 unspecified atom stereocenters. The molecular weight excluding hydrogens is 408 g/mol. The van der Waals surface area contributed by atoms with Gasteiger partial charge >= 0.3 is 0 Å². The van der Waals surface area contributed by atoms with Crippen LogP contribution in [0.1, 0.15) is 61.7 Å². The molecule has 1 aliphatic heterocycles. The number of nitrogens with one attached hydrogen (secondary N) is 1. The molecule has 1 saturated heterocycles. The summed E-state index contributed by atoms with van der Waals surface area (Å²) in [6.45, 7) is 1.63. The Balaban J connectivity index is 1.67. The predicted octanol–water partition coefficient (Wildman–Crippen LogP) is 3.67. The van der Waals surface area contributed by atoms with Crippen molar-refractivity contribution in [3.8, 4) is 5.75 Å². The quantitative estimate of drug-likeness (QED) is 0.624. The molecule has 29 heavy (non-hydrogen) atoms. The van der Waals surface area contributed by atoms with Gasteiger partial charge in [0.25, 0.3) is 5.91 Å². The Hall–Kier alpha value is -1.25. The fourth-order valence-electron chi connectivity index (χ4n) is 4.00. The monoisotopic (exact) mass is 440 g/mol. The van der Waals surface area contributed by atoms with Crippen LogP contribution < -0.4 is 10.1 Å². The first-order valence-electron chi connectivity index (χ1n) is 10.6. The van der Waals surface area contributed by atoms with Crippen molar-refractivity contribution in [2.24, 2.45) is 0 Å². The molecule has 162 valence electrons. The molecular formula is C21H32N2O4S2. The molecule has 0 bridgehead atoms. The van der Waals surface area contributed by atoms with Gasteiger partial charge in [-0.05, 0) is 43.9 Å². The second-order valence-electron chi connectivity index (χ2n) is 7.71. The van der Waals surface area contributed by atoms with Gasteiger partial charge in [0.1, 0.15) is 5.75 Å². The van der Waals surface area contributed by atoms with Crippen molar-refractivity contribution >= 4 is 27.7 Å². The highest BCUT2D eigenvalue weighted by Crippen LogP contribution is 2.29. The number of carbonyl (C=O) groups is 1. The first-order chi connectivity index (χ1) is 14.0. The van der Waals surface area contributed by atoms with Crippen LogP contribution in [0.25, 0.3) is 0 Å². The molecule has 0 radical (unpaired) electrons. The van der Waals surface area contributed by atoms with Crippen LogP contribution in [-0.2, 0) is 10.0 Å². The van der Waals surface area contributed by atoms with E-state index in [9.17, 15) is 13.2 Å². The lowest BCUT2D eigenvalue weighted by molar-refractivity contribution is 0.0953. The maximum Gasteiger partial charge on any atom is 0.255 e. The lowest BCUT2D eigenvalue weighted by Crippen LogP contribution is -2.32. The summed E-state index contributed by atoms with van der Waals surface area (Å²) in [6.07, 6.45) is 9.01. The third-order valence-corrected chi connectivity index (χ3v) is 8.94. The van der Waals surface area contributed by atoms with Gasteiger partial charge < -0.3 is 10.1 Å². The highest BCUT2D eigenvalue weighted by molar-refractivity contribution is 7.99. The van der Waals surface area contributed by atoms with Crippen LogP contribution in [-0.4, -0.2) is 56.4 Å². The number of hydrogen-bond acceptors (Lipinski definition) is 5. The minimum absolute atomic E-state index is 0.158. The number of methoxy groups -OCH3 is 1. The van der Waals surface area contributed by atoms with Crippen molar-refractivity contribution in [1.82, 2.24) is 9.62 Å². The second-order valence-corrected chi connectivity index (χ2v) is 11.1. The maximum absolute atomic E-state index is 13.1. The van der Waals surface area contributed by atoms with Crippen LogP contribution >= 0.6 is 11.8 Å². The van der Waals surface area contributed by atoms with Crippen LogP contribution in [0.4, 0.5) is 0 Å². The van der Waals surface area contributed by atoms with E-state index in [1.165, 1.54) is 44.9 Å². The first kappa shape index (κ1) is 22.4. The lowest BCUT2D eigenvalue weighted by Gasteiger charge is -2.20. The molecule has 1 aromatic carbocycles. The summed E-state index contributed by atoms with van der Waals surface area (Å²) < 4.78 is 33.0. The topological polar surface area (TPSA) is 75.7 Å². The summed E-state index contributed by atoms with van der Waals surface area (Å²) in [5.74, 6) is 0.965. The maximum atomic E-state index is 13.1. The van der Waals surface area contributed by atoms with Crippen molar-refractivity contribution in [3.05, 3.63) is 23.8 Å². The average Bonchev–Trinajstić information content (AvgIpc) is 3.09. The molecule has 6 nitrogen and oxygen atoms in total. The lowest BCUT2D eigenvalue weighted by atomic mass is 10.2. The number of hydrogen-bond donors (Lipinski definition) is 1. The Morgan fingerprint density at radius 2 is 1.83 bits per heavy atom. The van der Waals surface area contributed by atoms with Gasteiger partial charge in [0.2, 0.25) is 10.0 Å². The average molecular weight is 441 g/mol. The fraction of sp³-hybridized carbons (Fsp3) is 0.667. The molecule has 2 fully saturated rings. The Labute approximate surface area is 178 Å². The minimum atomic E-state index is -3.61. The van der Waals surface area contributed by atoms with Gasteiger partial charge in [-0.25, -0.2) is 8.42 Å². The van der Waals surface area contributed by atoms with Gasteiger partial charge in [-0.2, -0.15) is 16.1 Å². The van der Waals surface area contributed by atoms with Gasteiger partial charge in [-0.1, -0.05) is 25.7 Å². The molecule has 0 aromatic heterocycles. The fourth-order valence-corrected chi connectivity index (χ4v) is 6.76. The van der Waals surface area contributed by atoms with Gasteiger partial charge in [0.05, 0.1) is 17.6 Å². The van der Waals surface area contributed by atoms with Gasteiger partial charge in [0.15, 0.2) is 0 Å². The van der Waals surface area contributed by atoms with E-state index < -0.39 is 10.0 Å². The number of thioether (sulfide) groups is 1. The molecule has 0 atom stereocenters. The van der Waals surface area contributed by atoms with Crippen molar-refractivity contribution in [2.75, 3.05) is 32.5 Å². The molecule has 1 amide bonds. The molecule has 1 saturated carbocycles. The molecule has 1 N–H and O–H groups in total. The van der Waals surface area contributed by atoms with Gasteiger partial charge in [-0.3, -0.25) is 4.79 Å². The normalized spacial score (nSPS) is 19.1. The van der Waals surface area contributed by atoms with Crippen molar-refractivity contribution in [3.63, 3.8) is 0 Å². The summed E-state index contributed by atoms with van der Waals surface area (Å²) in [5.41, 5.74) is 0.272. The molecule has 0 spiro atoms. The molecule has 1 aromatic rings. The van der Waals surface area contributed by atoms with Crippen LogP contribution in [0, 0.1) is 0 Å². The number of ether oxygens (including phenoxy) is 1. The highest BCUT2D eigenvalue weighted by atomic mass is 32.2. The Kier molecular flexibility index (Phi) is 8.26. The van der Waals surface area contributed by atoms with Crippen LogP contribution in [0.2, 0.25) is 0 Å². The van der Waals surface area contributed by atoms with E-state index >= 15 is 0 Å². The number of sulfonamides is 1. The third-order valence-electron chi connectivity index (χ3n) is 5.66. The summed E-state index contributed by atoms with van der Waals surface area (Å²) in [7, 11) is -2.12.